The fraction of sp³-hybridized carbons (Fsp3) is 0.375. The van der Waals surface area contributed by atoms with Gasteiger partial charge in [-0.3, -0.25) is 4.90 Å². The molecule has 1 aliphatic rings. The van der Waals surface area contributed by atoms with Gasteiger partial charge in [0.25, 0.3) is 0 Å². The van der Waals surface area contributed by atoms with E-state index in [0.717, 1.165) is 49.0 Å². The van der Waals surface area contributed by atoms with Crippen molar-refractivity contribution in [3.63, 3.8) is 0 Å². The van der Waals surface area contributed by atoms with Crippen molar-refractivity contribution in [2.24, 2.45) is 0 Å². The van der Waals surface area contributed by atoms with Gasteiger partial charge in [0.1, 0.15) is 17.8 Å². The lowest BCUT2D eigenvalue weighted by Gasteiger charge is -2.18. The maximum Gasteiger partial charge on any atom is 0.433 e. The van der Waals surface area contributed by atoms with E-state index in [1.54, 1.807) is 0 Å². The highest BCUT2D eigenvalue weighted by Crippen LogP contribution is 2.28. The lowest BCUT2D eigenvalue weighted by Crippen LogP contribution is -2.26. The maximum atomic E-state index is 12.7. The fourth-order valence-electron chi connectivity index (χ4n) is 2.76. The third-order valence-corrected chi connectivity index (χ3v) is 4.30. The molecule has 0 radical (unpaired) electrons. The van der Waals surface area contributed by atoms with Crippen LogP contribution < -0.4 is 5.32 Å². The molecule has 0 bridgehead atoms. The Morgan fingerprint density at radius 2 is 2.04 bits per heavy atom. The molecule has 0 saturated carbocycles. The number of halogens is 4. The minimum absolute atomic E-state index is 0.0449. The van der Waals surface area contributed by atoms with Gasteiger partial charge in [0.05, 0.1) is 0 Å². The van der Waals surface area contributed by atoms with Gasteiger partial charge < -0.3 is 5.32 Å². The summed E-state index contributed by atoms with van der Waals surface area (Å²) in [6, 6.07) is 8.63. The van der Waals surface area contributed by atoms with Gasteiger partial charge in [-0.1, -0.05) is 29.8 Å². The van der Waals surface area contributed by atoms with Crippen LogP contribution in [0.25, 0.3) is 0 Å². The Morgan fingerprint density at radius 3 is 2.79 bits per heavy atom. The van der Waals surface area contributed by atoms with Crippen LogP contribution in [-0.2, 0) is 12.7 Å². The third kappa shape index (κ3) is 4.15. The second-order valence-electron chi connectivity index (χ2n) is 5.74. The number of rotatable bonds is 4. The molecule has 8 heteroatoms. The van der Waals surface area contributed by atoms with E-state index in [4.69, 9.17) is 11.6 Å². The molecule has 1 atom stereocenters. The van der Waals surface area contributed by atoms with Crippen molar-refractivity contribution in [3.05, 3.63) is 52.9 Å². The molecule has 1 fully saturated rings. The van der Waals surface area contributed by atoms with Crippen molar-refractivity contribution in [3.8, 4) is 0 Å². The van der Waals surface area contributed by atoms with E-state index in [0.29, 0.717) is 0 Å². The number of likely N-dealkylation sites (tertiary alicyclic amines) is 1. The van der Waals surface area contributed by atoms with Gasteiger partial charge in [0, 0.05) is 36.8 Å². The van der Waals surface area contributed by atoms with Crippen LogP contribution in [0.5, 0.6) is 0 Å². The van der Waals surface area contributed by atoms with E-state index >= 15 is 0 Å². The van der Waals surface area contributed by atoms with Crippen molar-refractivity contribution >= 4 is 17.4 Å². The van der Waals surface area contributed by atoms with E-state index in [1.165, 1.54) is 0 Å². The quantitative estimate of drug-likeness (QED) is 0.903. The number of benzene rings is 1. The van der Waals surface area contributed by atoms with Crippen molar-refractivity contribution in [1.29, 1.82) is 0 Å². The highest BCUT2D eigenvalue weighted by atomic mass is 35.5. The number of hydrogen-bond acceptors (Lipinski definition) is 4. The smallest absolute Gasteiger partial charge is 0.366 e. The van der Waals surface area contributed by atoms with E-state index in [9.17, 15) is 13.2 Å². The molecule has 1 unspecified atom stereocenters. The monoisotopic (exact) mass is 356 g/mol. The van der Waals surface area contributed by atoms with Crippen molar-refractivity contribution in [1.82, 2.24) is 14.9 Å². The van der Waals surface area contributed by atoms with Crippen LogP contribution in [0.1, 0.15) is 17.7 Å². The predicted octanol–water partition coefficient (Wildman–Crippen LogP) is 3.84. The number of alkyl halides is 3. The minimum Gasteiger partial charge on any atom is -0.366 e. The summed E-state index contributed by atoms with van der Waals surface area (Å²) in [5.41, 5.74) is 0.104. The molecule has 1 saturated heterocycles. The maximum absolute atomic E-state index is 12.7. The summed E-state index contributed by atoms with van der Waals surface area (Å²) < 4.78 is 38.1. The number of hydrogen-bond donors (Lipinski definition) is 1. The number of anilines is 1. The summed E-state index contributed by atoms with van der Waals surface area (Å²) >= 11 is 6.16. The van der Waals surface area contributed by atoms with E-state index in [-0.39, 0.29) is 11.9 Å². The standard InChI is InChI=1S/C16H16ClF3N4/c17-13-4-2-1-3-11(13)8-24-6-5-12(9-24)23-15-7-14(16(18,19)20)21-10-22-15/h1-4,7,10,12H,5-6,8-9H2,(H,21,22,23). The van der Waals surface area contributed by atoms with Gasteiger partial charge in [-0.05, 0) is 18.1 Å². The topological polar surface area (TPSA) is 41.0 Å². The molecule has 0 amide bonds. The lowest BCUT2D eigenvalue weighted by molar-refractivity contribution is -0.141. The van der Waals surface area contributed by atoms with Gasteiger partial charge in [-0.2, -0.15) is 13.2 Å². The van der Waals surface area contributed by atoms with Gasteiger partial charge in [-0.15, -0.1) is 0 Å². The lowest BCUT2D eigenvalue weighted by atomic mass is 10.2. The Morgan fingerprint density at radius 1 is 1.25 bits per heavy atom. The zero-order valence-electron chi connectivity index (χ0n) is 12.7. The molecule has 3 rings (SSSR count). The van der Waals surface area contributed by atoms with Crippen LogP contribution in [0.4, 0.5) is 19.0 Å². The molecule has 1 aromatic carbocycles. The molecule has 128 valence electrons. The van der Waals surface area contributed by atoms with Crippen LogP contribution in [0.2, 0.25) is 5.02 Å². The Labute approximate surface area is 142 Å². The highest BCUT2D eigenvalue weighted by molar-refractivity contribution is 6.31. The van der Waals surface area contributed by atoms with Gasteiger partial charge in [0.15, 0.2) is 0 Å². The summed E-state index contributed by atoms with van der Waals surface area (Å²) in [5, 5.41) is 3.78. The summed E-state index contributed by atoms with van der Waals surface area (Å²) in [6.45, 7) is 2.28. The Kier molecular flexibility index (Phi) is 4.91. The molecule has 1 aromatic heterocycles. The van der Waals surface area contributed by atoms with Crippen LogP contribution in [-0.4, -0.2) is 34.0 Å². The highest BCUT2D eigenvalue weighted by Gasteiger charge is 2.33. The zero-order valence-corrected chi connectivity index (χ0v) is 13.5. The van der Waals surface area contributed by atoms with E-state index in [2.05, 4.69) is 20.2 Å². The van der Waals surface area contributed by atoms with Crippen molar-refractivity contribution in [2.45, 2.75) is 25.2 Å². The van der Waals surface area contributed by atoms with Crippen LogP contribution in [0.15, 0.2) is 36.7 Å². The SMILES string of the molecule is FC(F)(F)c1cc(NC2CCN(Cc3ccccc3Cl)C2)ncn1. The summed E-state index contributed by atoms with van der Waals surface area (Å²) in [4.78, 5) is 9.36. The van der Waals surface area contributed by atoms with Gasteiger partial charge in [0.2, 0.25) is 0 Å². The van der Waals surface area contributed by atoms with Crippen molar-refractivity contribution in [2.75, 3.05) is 18.4 Å². The Hall–Kier alpha value is -1.86. The van der Waals surface area contributed by atoms with Crippen molar-refractivity contribution < 1.29 is 13.2 Å². The molecule has 2 aromatic rings. The molecule has 4 nitrogen and oxygen atoms in total. The molecule has 1 aliphatic heterocycles. The minimum atomic E-state index is -4.47. The first-order valence-electron chi connectivity index (χ1n) is 7.53. The molecule has 24 heavy (non-hydrogen) atoms. The molecular formula is C16H16ClF3N4. The van der Waals surface area contributed by atoms with Gasteiger partial charge in [-0.25, -0.2) is 9.97 Å². The second kappa shape index (κ2) is 6.94. The zero-order chi connectivity index (χ0) is 17.2. The first kappa shape index (κ1) is 17.0. The molecule has 2 heterocycles. The average molecular weight is 357 g/mol. The predicted molar refractivity (Wildman–Crippen MR) is 85.8 cm³/mol. The first-order chi connectivity index (χ1) is 11.4. The summed E-state index contributed by atoms with van der Waals surface area (Å²) in [7, 11) is 0. The molecular weight excluding hydrogens is 341 g/mol. The molecule has 0 spiro atoms. The summed E-state index contributed by atoms with van der Waals surface area (Å²) in [5.74, 6) is 0.196. The average Bonchev–Trinajstić information content (AvgIpc) is 2.96. The normalized spacial score (nSPS) is 18.8. The summed E-state index contributed by atoms with van der Waals surface area (Å²) in [6.07, 6.45) is -2.71. The first-order valence-corrected chi connectivity index (χ1v) is 7.91. The Balaban J connectivity index is 1.60. The number of nitrogens with one attached hydrogen (secondary N) is 1. The fourth-order valence-corrected chi connectivity index (χ4v) is 2.96. The van der Waals surface area contributed by atoms with Crippen LogP contribution in [0.3, 0.4) is 0 Å². The van der Waals surface area contributed by atoms with E-state index < -0.39 is 11.9 Å². The largest absolute Gasteiger partial charge is 0.433 e. The second-order valence-corrected chi connectivity index (χ2v) is 6.15. The van der Waals surface area contributed by atoms with Crippen LogP contribution in [0, 0.1) is 0 Å². The Bertz CT molecular complexity index is 708. The molecule has 0 aliphatic carbocycles. The number of nitrogens with zero attached hydrogens (tertiary/aromatic N) is 3. The van der Waals surface area contributed by atoms with Crippen LogP contribution >= 0.6 is 11.6 Å². The third-order valence-electron chi connectivity index (χ3n) is 3.93. The molecule has 1 N–H and O–H groups in total. The van der Waals surface area contributed by atoms with Gasteiger partial charge >= 0.3 is 6.18 Å². The van der Waals surface area contributed by atoms with E-state index in [1.807, 2.05) is 24.3 Å². The number of aromatic nitrogens is 2.